The highest BCUT2D eigenvalue weighted by Crippen LogP contribution is 2.45. The third-order valence-electron chi connectivity index (χ3n) is 13.3. The van der Waals surface area contributed by atoms with Gasteiger partial charge in [0.2, 0.25) is 0 Å². The SMILES string of the molecule is c1cc2op(O[C@@H]3CCCC[C@H]3Op3oc4ccc5c(c4c4c6c(ccc4o3)CCCC6)CCCC5)oc3ccc4c(c3c2c2c1CCCC2)CCCC4. The molecule has 4 aromatic carbocycles. The van der Waals surface area contributed by atoms with Crippen LogP contribution >= 0.6 is 16.5 Å². The van der Waals surface area contributed by atoms with Crippen molar-refractivity contribution in [2.24, 2.45) is 0 Å². The van der Waals surface area contributed by atoms with Crippen molar-refractivity contribution in [2.45, 2.75) is 141 Å². The Bertz CT molecular complexity index is 2180. The predicted molar refractivity (Wildman–Crippen MR) is 218 cm³/mol. The van der Waals surface area contributed by atoms with Gasteiger partial charge >= 0.3 is 16.5 Å². The van der Waals surface area contributed by atoms with E-state index in [4.69, 9.17) is 25.8 Å². The summed E-state index contributed by atoms with van der Waals surface area (Å²) in [6.07, 6.45) is 22.2. The Morgan fingerprint density at radius 2 is 0.630 bits per heavy atom. The first kappa shape index (κ1) is 33.9. The van der Waals surface area contributed by atoms with Gasteiger partial charge in [-0.25, -0.2) is 0 Å². The number of fused-ring (bicyclic) bond motifs is 14. The van der Waals surface area contributed by atoms with Gasteiger partial charge in [-0.15, -0.1) is 0 Å². The third-order valence-corrected chi connectivity index (χ3v) is 15.5. The molecule has 0 spiro atoms. The predicted octanol–water partition coefficient (Wildman–Crippen LogP) is 13.3. The van der Waals surface area contributed by atoms with Crippen LogP contribution in [0.5, 0.6) is 0 Å². The van der Waals surface area contributed by atoms with Crippen LogP contribution in [-0.2, 0) is 51.4 Å². The van der Waals surface area contributed by atoms with Gasteiger partial charge in [0, 0.05) is 21.5 Å². The Labute approximate surface area is 318 Å². The molecule has 8 heteroatoms. The maximum Gasteiger partial charge on any atom is 0.387 e. The highest BCUT2D eigenvalue weighted by Gasteiger charge is 2.32. The monoisotopic (exact) mass is 760 g/mol. The fourth-order valence-electron chi connectivity index (χ4n) is 10.6. The second-order valence-corrected chi connectivity index (χ2v) is 18.6. The van der Waals surface area contributed by atoms with E-state index in [0.717, 1.165) is 99.4 Å². The fourth-order valence-corrected chi connectivity index (χ4v) is 13.0. The van der Waals surface area contributed by atoms with Gasteiger partial charge in [-0.1, -0.05) is 37.1 Å². The van der Waals surface area contributed by atoms with E-state index in [9.17, 15) is 0 Å². The lowest BCUT2D eigenvalue weighted by atomic mass is 9.84. The lowest BCUT2D eigenvalue weighted by Gasteiger charge is -2.28. The maximum atomic E-state index is 6.98. The lowest BCUT2D eigenvalue weighted by Crippen LogP contribution is -2.37. The second-order valence-electron chi connectivity index (χ2n) is 16.5. The fraction of sp³-hybridized carbons (Fsp3) is 0.478. The van der Waals surface area contributed by atoms with Crippen LogP contribution in [-0.4, -0.2) is 12.2 Å². The largest absolute Gasteiger partial charge is 0.399 e. The highest BCUT2D eigenvalue weighted by molar-refractivity contribution is 7.32. The average Bonchev–Trinajstić information content (AvgIpc) is 3.49. The highest BCUT2D eigenvalue weighted by atomic mass is 31.1. The molecule has 5 aliphatic rings. The smallest absolute Gasteiger partial charge is 0.387 e. The summed E-state index contributed by atoms with van der Waals surface area (Å²) in [4.78, 5) is 0. The molecule has 2 aromatic heterocycles. The molecule has 0 aliphatic heterocycles. The first-order chi connectivity index (χ1) is 26.7. The molecule has 2 atom stereocenters. The van der Waals surface area contributed by atoms with Gasteiger partial charge < -0.3 is 16.8 Å². The second kappa shape index (κ2) is 14.3. The van der Waals surface area contributed by atoms with E-state index in [1.165, 1.54) is 117 Å². The molecule has 11 rings (SSSR count). The van der Waals surface area contributed by atoms with Crippen molar-refractivity contribution in [3.8, 4) is 0 Å². The molecule has 0 bridgehead atoms. The van der Waals surface area contributed by atoms with Crippen LogP contribution in [0.1, 0.15) is 122 Å². The van der Waals surface area contributed by atoms with E-state index in [1.807, 2.05) is 0 Å². The van der Waals surface area contributed by atoms with E-state index in [0.29, 0.717) is 0 Å². The zero-order valence-corrected chi connectivity index (χ0v) is 33.0. The van der Waals surface area contributed by atoms with Crippen LogP contribution in [0.2, 0.25) is 0 Å². The zero-order valence-electron chi connectivity index (χ0n) is 31.3. The number of rotatable bonds is 4. The lowest BCUT2D eigenvalue weighted by molar-refractivity contribution is 0.0710. The van der Waals surface area contributed by atoms with Crippen molar-refractivity contribution in [3.63, 3.8) is 0 Å². The van der Waals surface area contributed by atoms with Crippen molar-refractivity contribution in [3.05, 3.63) is 93.0 Å². The molecule has 280 valence electrons. The van der Waals surface area contributed by atoms with Crippen LogP contribution in [0, 0.1) is 0 Å². The molecule has 6 nitrogen and oxygen atoms in total. The summed E-state index contributed by atoms with van der Waals surface area (Å²) in [6.45, 7) is 0. The van der Waals surface area contributed by atoms with E-state index in [-0.39, 0.29) is 12.2 Å². The summed E-state index contributed by atoms with van der Waals surface area (Å²) < 4.78 is 41.4. The summed E-state index contributed by atoms with van der Waals surface area (Å²) in [5.41, 5.74) is 15.3. The maximum absolute atomic E-state index is 6.98. The summed E-state index contributed by atoms with van der Waals surface area (Å²) >= 11 is 0. The minimum atomic E-state index is -1.73. The Balaban J connectivity index is 1.02. The Hall–Kier alpha value is -3.40. The Kier molecular flexibility index (Phi) is 8.96. The van der Waals surface area contributed by atoms with Crippen LogP contribution in [0.15, 0.2) is 65.3 Å². The van der Waals surface area contributed by atoms with E-state index < -0.39 is 16.5 Å². The quantitative estimate of drug-likeness (QED) is 0.178. The van der Waals surface area contributed by atoms with E-state index in [1.54, 1.807) is 0 Å². The van der Waals surface area contributed by atoms with Crippen molar-refractivity contribution in [1.29, 1.82) is 0 Å². The van der Waals surface area contributed by atoms with Gasteiger partial charge in [0.25, 0.3) is 0 Å². The van der Waals surface area contributed by atoms with Crippen LogP contribution in [0.25, 0.3) is 43.9 Å². The molecule has 5 aliphatic carbocycles. The molecule has 1 saturated carbocycles. The molecule has 0 amide bonds. The van der Waals surface area contributed by atoms with Gasteiger partial charge in [0.1, 0.15) is 34.5 Å². The van der Waals surface area contributed by atoms with Crippen molar-refractivity contribution in [2.75, 3.05) is 0 Å². The normalized spacial score (nSPS) is 21.1. The van der Waals surface area contributed by atoms with Gasteiger partial charge in [-0.3, -0.25) is 9.05 Å². The molecule has 0 N–H and O–H groups in total. The number of benzene rings is 4. The number of hydrogen-bond acceptors (Lipinski definition) is 6. The van der Waals surface area contributed by atoms with Crippen LogP contribution < -0.4 is 9.05 Å². The van der Waals surface area contributed by atoms with Gasteiger partial charge in [-0.05, 0) is 184 Å². The molecule has 1 fully saturated rings. The standard InChI is InChI=1S/C46H50O6P2/c1-5-15-33-29(11-1)21-25-39-43(33)44-34-16-6-2-12-30(34)22-26-40(44)50-53(49-39)47-37-19-9-10-20-38(37)48-54-51-41-27-23-31-13-3-7-17-35(31)45(41)46-36-18-8-4-14-32(36)24-28-42(46)52-54/h21-28,37-38H,1-20H2/t37-,38-/m1/s1. The molecule has 0 radical (unpaired) electrons. The minimum Gasteiger partial charge on any atom is -0.399 e. The summed E-state index contributed by atoms with van der Waals surface area (Å²) in [5, 5.41) is 5.04. The van der Waals surface area contributed by atoms with Gasteiger partial charge in [-0.2, -0.15) is 0 Å². The molecular formula is C46H50O6P2. The van der Waals surface area contributed by atoms with Crippen molar-refractivity contribution in [1.82, 2.24) is 0 Å². The third kappa shape index (κ3) is 5.99. The Morgan fingerprint density at radius 1 is 0.352 bits per heavy atom. The molecule has 54 heavy (non-hydrogen) atoms. The average molecular weight is 761 g/mol. The molecular weight excluding hydrogens is 710 g/mol. The molecule has 0 unspecified atom stereocenters. The summed E-state index contributed by atoms with van der Waals surface area (Å²) in [6, 6.07) is 17.9. The van der Waals surface area contributed by atoms with Gasteiger partial charge in [0.15, 0.2) is 0 Å². The summed E-state index contributed by atoms with van der Waals surface area (Å²) in [7, 11) is -3.45. The van der Waals surface area contributed by atoms with Crippen LogP contribution in [0.4, 0.5) is 0 Å². The zero-order chi connectivity index (χ0) is 35.6. The molecule has 2 heterocycles. The molecule has 0 saturated heterocycles. The van der Waals surface area contributed by atoms with E-state index >= 15 is 0 Å². The molecule has 6 aromatic rings. The van der Waals surface area contributed by atoms with Crippen molar-refractivity contribution < 1.29 is 25.8 Å². The summed E-state index contributed by atoms with van der Waals surface area (Å²) in [5.74, 6) is 0. The Morgan fingerprint density at radius 3 is 0.926 bits per heavy atom. The van der Waals surface area contributed by atoms with Gasteiger partial charge in [0.05, 0.1) is 0 Å². The van der Waals surface area contributed by atoms with E-state index in [2.05, 4.69) is 48.5 Å². The first-order valence-electron chi connectivity index (χ1n) is 21.0. The van der Waals surface area contributed by atoms with Crippen LogP contribution in [0.3, 0.4) is 0 Å². The first-order valence-corrected chi connectivity index (χ1v) is 23.2. The minimum absolute atomic E-state index is 0.200. The topological polar surface area (TPSA) is 71.0 Å². The number of hydrogen-bond donors (Lipinski definition) is 0. The number of aryl methyl sites for hydroxylation is 8. The van der Waals surface area contributed by atoms with Crippen molar-refractivity contribution >= 4 is 60.4 Å².